The van der Waals surface area contributed by atoms with Crippen LogP contribution in [-0.2, 0) is 4.79 Å². The van der Waals surface area contributed by atoms with E-state index in [0.717, 1.165) is 0 Å². The van der Waals surface area contributed by atoms with Gasteiger partial charge in [0.15, 0.2) is 17.7 Å². The summed E-state index contributed by atoms with van der Waals surface area (Å²) in [7, 11) is 0. The minimum Gasteiger partial charge on any atom is -0.481 e. The molecular formula is C16H18N2O4. The average molecular weight is 302 g/mol. The third-order valence-electron chi connectivity index (χ3n) is 3.06. The smallest absolute Gasteiger partial charge is 0.266 e. The second-order valence-electron chi connectivity index (χ2n) is 4.87. The van der Waals surface area contributed by atoms with Gasteiger partial charge < -0.3 is 14.6 Å². The Hall–Kier alpha value is -2.63. The van der Waals surface area contributed by atoms with Crippen molar-refractivity contribution < 1.29 is 18.8 Å². The van der Waals surface area contributed by atoms with Crippen molar-refractivity contribution in [1.29, 1.82) is 0 Å². The molecule has 22 heavy (non-hydrogen) atoms. The van der Waals surface area contributed by atoms with Crippen molar-refractivity contribution in [3.8, 4) is 5.75 Å². The zero-order chi connectivity index (χ0) is 16.1. The van der Waals surface area contributed by atoms with Gasteiger partial charge in [0.2, 0.25) is 0 Å². The number of ketones is 1. The molecule has 116 valence electrons. The molecule has 2 aromatic rings. The largest absolute Gasteiger partial charge is 0.481 e. The van der Waals surface area contributed by atoms with Crippen LogP contribution in [0.2, 0.25) is 0 Å². The molecule has 0 aliphatic rings. The highest BCUT2D eigenvalue weighted by Crippen LogP contribution is 2.16. The van der Waals surface area contributed by atoms with E-state index in [-0.39, 0.29) is 11.7 Å². The summed E-state index contributed by atoms with van der Waals surface area (Å²) in [4.78, 5) is 23.5. The fourth-order valence-electron chi connectivity index (χ4n) is 1.83. The highest BCUT2D eigenvalue weighted by Gasteiger charge is 2.16. The molecule has 1 heterocycles. The van der Waals surface area contributed by atoms with Gasteiger partial charge in [-0.05, 0) is 38.1 Å². The molecule has 2 rings (SSSR count). The highest BCUT2D eigenvalue weighted by atomic mass is 16.5. The molecule has 0 aliphatic carbocycles. The summed E-state index contributed by atoms with van der Waals surface area (Å²) in [6.07, 6.45) is -0.249. The number of anilines is 1. The van der Waals surface area contributed by atoms with Crippen molar-refractivity contribution in [3.05, 3.63) is 41.7 Å². The number of carbonyl (C=O) groups excluding carboxylic acids is 2. The molecule has 0 fully saturated rings. The van der Waals surface area contributed by atoms with E-state index in [2.05, 4.69) is 10.5 Å². The van der Waals surface area contributed by atoms with Gasteiger partial charge in [-0.2, -0.15) is 0 Å². The van der Waals surface area contributed by atoms with Gasteiger partial charge in [0, 0.05) is 18.1 Å². The molecule has 0 unspecified atom stereocenters. The van der Waals surface area contributed by atoms with E-state index in [1.807, 2.05) is 6.92 Å². The Morgan fingerprint density at radius 3 is 2.55 bits per heavy atom. The maximum Gasteiger partial charge on any atom is 0.266 e. The molecule has 1 aromatic heterocycles. The number of rotatable bonds is 6. The van der Waals surface area contributed by atoms with E-state index in [1.54, 1.807) is 44.2 Å². The second-order valence-corrected chi connectivity index (χ2v) is 4.87. The normalized spacial score (nSPS) is 11.8. The molecule has 0 aliphatic heterocycles. The van der Waals surface area contributed by atoms with Gasteiger partial charge in [-0.25, -0.2) is 0 Å². The van der Waals surface area contributed by atoms with Gasteiger partial charge in [-0.3, -0.25) is 9.59 Å². The third kappa shape index (κ3) is 3.94. The van der Waals surface area contributed by atoms with Crippen molar-refractivity contribution in [2.24, 2.45) is 0 Å². The van der Waals surface area contributed by atoms with Crippen molar-refractivity contribution in [3.63, 3.8) is 0 Å². The first-order valence-corrected chi connectivity index (χ1v) is 7.03. The Morgan fingerprint density at radius 2 is 2.00 bits per heavy atom. The van der Waals surface area contributed by atoms with Gasteiger partial charge in [0.1, 0.15) is 11.5 Å². The number of aryl methyl sites for hydroxylation is 1. The van der Waals surface area contributed by atoms with Crippen LogP contribution in [0.25, 0.3) is 0 Å². The maximum atomic E-state index is 12.0. The molecule has 0 radical (unpaired) electrons. The summed E-state index contributed by atoms with van der Waals surface area (Å²) >= 11 is 0. The van der Waals surface area contributed by atoms with Gasteiger partial charge >= 0.3 is 0 Å². The number of ether oxygens (including phenoxy) is 1. The lowest BCUT2D eigenvalue weighted by atomic mass is 10.1. The molecule has 6 heteroatoms. The minimum absolute atomic E-state index is 0.0683. The summed E-state index contributed by atoms with van der Waals surface area (Å²) in [6.45, 7) is 5.18. The average Bonchev–Trinajstić information content (AvgIpc) is 2.92. The Labute approximate surface area is 128 Å². The Balaban J connectivity index is 1.94. The topological polar surface area (TPSA) is 81.4 Å². The predicted octanol–water partition coefficient (Wildman–Crippen LogP) is 2.98. The Bertz CT molecular complexity index is 661. The first-order valence-electron chi connectivity index (χ1n) is 7.03. The number of carbonyl (C=O) groups is 2. The molecule has 0 spiro atoms. The molecule has 1 aromatic carbocycles. The number of nitrogens with zero attached hydrogens (tertiary/aromatic N) is 1. The molecule has 1 amide bonds. The summed E-state index contributed by atoms with van der Waals surface area (Å²) < 4.78 is 10.4. The van der Waals surface area contributed by atoms with E-state index >= 15 is 0 Å². The minimum atomic E-state index is -0.704. The fraction of sp³-hybridized carbons (Fsp3) is 0.312. The van der Waals surface area contributed by atoms with Gasteiger partial charge in [0.25, 0.3) is 5.91 Å². The lowest BCUT2D eigenvalue weighted by molar-refractivity contribution is -0.122. The van der Waals surface area contributed by atoms with Crippen LogP contribution >= 0.6 is 0 Å². The molecule has 6 nitrogen and oxygen atoms in total. The van der Waals surface area contributed by atoms with Crippen molar-refractivity contribution in [2.45, 2.75) is 33.3 Å². The van der Waals surface area contributed by atoms with Crippen LogP contribution in [0.5, 0.6) is 5.75 Å². The standard InChI is InChI=1S/C16H18N2O4/c1-4-14(19)12-5-7-13(8-6-12)21-11(3)16(20)17-15-9-10(2)22-18-15/h5-9,11H,4H2,1-3H3,(H,17,18,20)/t11-/m0/s1. The quantitative estimate of drug-likeness (QED) is 0.830. The van der Waals surface area contributed by atoms with Gasteiger partial charge in [-0.15, -0.1) is 0 Å². The molecule has 0 saturated heterocycles. The molecular weight excluding hydrogens is 284 g/mol. The first-order chi connectivity index (χ1) is 10.5. The molecule has 1 atom stereocenters. The number of benzene rings is 1. The number of aromatic nitrogens is 1. The van der Waals surface area contributed by atoms with Crippen LogP contribution in [0.1, 0.15) is 36.4 Å². The highest BCUT2D eigenvalue weighted by molar-refractivity contribution is 5.96. The Morgan fingerprint density at radius 1 is 1.32 bits per heavy atom. The second kappa shape index (κ2) is 6.89. The van der Waals surface area contributed by atoms with Crippen LogP contribution in [0.3, 0.4) is 0 Å². The van der Waals surface area contributed by atoms with Crippen molar-refractivity contribution in [2.75, 3.05) is 5.32 Å². The Kier molecular flexibility index (Phi) is 4.93. The van der Waals surface area contributed by atoms with Crippen LogP contribution in [-0.4, -0.2) is 23.0 Å². The van der Waals surface area contributed by atoms with Crippen molar-refractivity contribution in [1.82, 2.24) is 5.16 Å². The SMILES string of the molecule is CCC(=O)c1ccc(O[C@@H](C)C(=O)Nc2cc(C)on2)cc1. The maximum absolute atomic E-state index is 12.0. The molecule has 1 N–H and O–H groups in total. The lowest BCUT2D eigenvalue weighted by Gasteiger charge is -2.13. The number of hydrogen-bond donors (Lipinski definition) is 1. The zero-order valence-electron chi connectivity index (χ0n) is 12.8. The predicted molar refractivity (Wildman–Crippen MR) is 81.0 cm³/mol. The molecule has 0 bridgehead atoms. The fourth-order valence-corrected chi connectivity index (χ4v) is 1.83. The third-order valence-corrected chi connectivity index (χ3v) is 3.06. The van der Waals surface area contributed by atoms with Crippen molar-refractivity contribution >= 4 is 17.5 Å². The van der Waals surface area contributed by atoms with Crippen LogP contribution < -0.4 is 10.1 Å². The van der Waals surface area contributed by atoms with E-state index in [1.165, 1.54) is 0 Å². The van der Waals surface area contributed by atoms with Gasteiger partial charge in [0.05, 0.1) is 0 Å². The van der Waals surface area contributed by atoms with Crippen LogP contribution in [0.15, 0.2) is 34.9 Å². The van der Waals surface area contributed by atoms with E-state index < -0.39 is 6.10 Å². The summed E-state index contributed by atoms with van der Waals surface area (Å²) in [5, 5.41) is 6.28. The number of nitrogens with one attached hydrogen (secondary N) is 1. The zero-order valence-corrected chi connectivity index (χ0v) is 12.8. The van der Waals surface area contributed by atoms with E-state index in [0.29, 0.717) is 29.3 Å². The first kappa shape index (κ1) is 15.8. The monoisotopic (exact) mass is 302 g/mol. The number of Topliss-reactive ketones (excluding diaryl/α,β-unsaturated/α-hetero) is 1. The lowest BCUT2D eigenvalue weighted by Crippen LogP contribution is -2.30. The van der Waals surface area contributed by atoms with Gasteiger partial charge in [-0.1, -0.05) is 12.1 Å². The number of hydrogen-bond acceptors (Lipinski definition) is 5. The van der Waals surface area contributed by atoms with E-state index in [4.69, 9.17) is 9.26 Å². The number of amides is 1. The van der Waals surface area contributed by atoms with E-state index in [9.17, 15) is 9.59 Å². The summed E-state index contributed by atoms with van der Waals surface area (Å²) in [5.74, 6) is 1.22. The summed E-state index contributed by atoms with van der Waals surface area (Å²) in [6, 6.07) is 8.34. The molecule has 0 saturated carbocycles. The van der Waals surface area contributed by atoms with Crippen LogP contribution in [0, 0.1) is 6.92 Å². The summed E-state index contributed by atoms with van der Waals surface area (Å²) in [5.41, 5.74) is 0.630. The van der Waals surface area contributed by atoms with Crippen LogP contribution in [0.4, 0.5) is 5.82 Å².